The third kappa shape index (κ3) is 4.66. The zero-order valence-electron chi connectivity index (χ0n) is 19.3. The average Bonchev–Trinajstić information content (AvgIpc) is 3.23. The van der Waals surface area contributed by atoms with E-state index in [9.17, 15) is 0 Å². The van der Waals surface area contributed by atoms with E-state index in [0.717, 1.165) is 62.7 Å². The third-order valence-corrected chi connectivity index (χ3v) is 6.95. The van der Waals surface area contributed by atoms with Crippen molar-refractivity contribution in [3.63, 3.8) is 0 Å². The summed E-state index contributed by atoms with van der Waals surface area (Å²) in [6.07, 6.45) is 11.9. The summed E-state index contributed by atoms with van der Waals surface area (Å²) in [6, 6.07) is 9.68. The number of hydrogen-bond acceptors (Lipinski definition) is 5. The minimum atomic E-state index is 0.543. The van der Waals surface area contributed by atoms with Gasteiger partial charge in [0.2, 0.25) is 5.95 Å². The molecule has 0 spiro atoms. The van der Waals surface area contributed by atoms with Crippen LogP contribution in [0.25, 0.3) is 22.2 Å². The van der Waals surface area contributed by atoms with Gasteiger partial charge in [0, 0.05) is 68.7 Å². The molecule has 2 N–H and O–H groups in total. The van der Waals surface area contributed by atoms with Gasteiger partial charge < -0.3 is 15.2 Å². The highest BCUT2D eigenvalue weighted by Crippen LogP contribution is 2.36. The van der Waals surface area contributed by atoms with E-state index in [1.807, 2.05) is 6.20 Å². The van der Waals surface area contributed by atoms with Crippen molar-refractivity contribution in [3.8, 4) is 11.1 Å². The van der Waals surface area contributed by atoms with Crippen LogP contribution in [-0.2, 0) is 6.54 Å². The highest BCUT2D eigenvalue weighted by atomic mass is 15.2. The van der Waals surface area contributed by atoms with Crippen molar-refractivity contribution in [2.45, 2.75) is 58.0 Å². The minimum absolute atomic E-state index is 0.543. The van der Waals surface area contributed by atoms with Crippen molar-refractivity contribution in [2.75, 3.05) is 38.0 Å². The quantitative estimate of drug-likeness (QED) is 0.560. The Kier molecular flexibility index (Phi) is 6.69. The second-order valence-electron chi connectivity index (χ2n) is 9.32. The fourth-order valence-corrected chi connectivity index (χ4v) is 5.14. The lowest BCUT2D eigenvalue weighted by atomic mass is 9.95. The molecule has 1 saturated heterocycles. The van der Waals surface area contributed by atoms with E-state index < -0.39 is 0 Å². The number of nitrogens with zero attached hydrogens (tertiary/aromatic N) is 4. The first-order valence-electron chi connectivity index (χ1n) is 12.5. The number of rotatable bonds is 7. The summed E-state index contributed by atoms with van der Waals surface area (Å²) in [7, 11) is 0. The van der Waals surface area contributed by atoms with Crippen molar-refractivity contribution in [1.29, 1.82) is 0 Å². The SMILES string of the molecule is CCCNc1ncc2c(-c3ccc(CN4CCNCC4)cc3)cn(C3CCCCC3)c2n1. The molecule has 6 nitrogen and oxygen atoms in total. The van der Waals surface area contributed by atoms with Gasteiger partial charge >= 0.3 is 0 Å². The molecule has 2 aromatic heterocycles. The molecule has 1 aliphatic carbocycles. The molecule has 5 rings (SSSR count). The van der Waals surface area contributed by atoms with Crippen LogP contribution in [0, 0.1) is 0 Å². The lowest BCUT2D eigenvalue weighted by molar-refractivity contribution is 0.233. The first-order valence-corrected chi connectivity index (χ1v) is 12.5. The van der Waals surface area contributed by atoms with Crippen LogP contribution < -0.4 is 10.6 Å². The maximum atomic E-state index is 4.96. The normalized spacial score (nSPS) is 18.3. The molecule has 2 fully saturated rings. The number of fused-ring (bicyclic) bond motifs is 1. The molecule has 32 heavy (non-hydrogen) atoms. The van der Waals surface area contributed by atoms with Crippen molar-refractivity contribution >= 4 is 17.0 Å². The molecule has 0 unspecified atom stereocenters. The van der Waals surface area contributed by atoms with E-state index in [2.05, 4.69) is 62.5 Å². The fraction of sp³-hybridized carbons (Fsp3) is 0.538. The lowest BCUT2D eigenvalue weighted by Gasteiger charge is -2.27. The molecular weight excluding hydrogens is 396 g/mol. The predicted octanol–water partition coefficient (Wildman–Crippen LogP) is 4.83. The first kappa shape index (κ1) is 21.4. The van der Waals surface area contributed by atoms with Gasteiger partial charge in [0.1, 0.15) is 5.65 Å². The van der Waals surface area contributed by atoms with E-state index in [1.54, 1.807) is 0 Å². The van der Waals surface area contributed by atoms with Crippen LogP contribution in [-0.4, -0.2) is 52.2 Å². The van der Waals surface area contributed by atoms with Gasteiger partial charge in [-0.05, 0) is 30.4 Å². The van der Waals surface area contributed by atoms with Crippen molar-refractivity contribution < 1.29 is 0 Å². The maximum Gasteiger partial charge on any atom is 0.224 e. The molecular formula is C26H36N6. The molecule has 3 heterocycles. The van der Waals surface area contributed by atoms with Gasteiger partial charge in [-0.3, -0.25) is 4.90 Å². The van der Waals surface area contributed by atoms with Gasteiger partial charge in [-0.1, -0.05) is 50.5 Å². The Hall–Kier alpha value is -2.44. The van der Waals surface area contributed by atoms with Crippen LogP contribution in [0.2, 0.25) is 0 Å². The van der Waals surface area contributed by atoms with Gasteiger partial charge in [0.15, 0.2) is 0 Å². The molecule has 0 amide bonds. The van der Waals surface area contributed by atoms with Crippen molar-refractivity contribution in [1.82, 2.24) is 24.8 Å². The fourth-order valence-electron chi connectivity index (χ4n) is 5.14. The zero-order chi connectivity index (χ0) is 21.8. The Morgan fingerprint density at radius 3 is 2.59 bits per heavy atom. The standard InChI is InChI=1S/C26H36N6/c1-2-12-28-26-29-17-23-24(19-32(25(23)30-26)22-6-4-3-5-7-22)21-10-8-20(9-11-21)18-31-15-13-27-14-16-31/h8-11,17,19,22,27H,2-7,12-16,18H2,1H3,(H,28,29,30). The molecule has 170 valence electrons. The highest BCUT2D eigenvalue weighted by Gasteiger charge is 2.21. The van der Waals surface area contributed by atoms with Crippen LogP contribution in [0.5, 0.6) is 0 Å². The van der Waals surface area contributed by atoms with Crippen LogP contribution in [0.15, 0.2) is 36.7 Å². The number of nitrogens with one attached hydrogen (secondary N) is 2. The second kappa shape index (κ2) is 10.0. The second-order valence-corrected chi connectivity index (χ2v) is 9.32. The number of anilines is 1. The molecule has 1 aromatic carbocycles. The molecule has 0 atom stereocenters. The molecule has 0 radical (unpaired) electrons. The van der Waals surface area contributed by atoms with Crippen molar-refractivity contribution in [3.05, 3.63) is 42.2 Å². The Labute approximate surface area is 191 Å². The molecule has 1 aliphatic heterocycles. The Bertz CT molecular complexity index is 1010. The monoisotopic (exact) mass is 432 g/mol. The summed E-state index contributed by atoms with van der Waals surface area (Å²) in [6.45, 7) is 8.53. The number of aromatic nitrogens is 3. The highest BCUT2D eigenvalue weighted by molar-refractivity contribution is 5.94. The van der Waals surface area contributed by atoms with Gasteiger partial charge in [0.25, 0.3) is 0 Å². The largest absolute Gasteiger partial charge is 0.354 e. The smallest absolute Gasteiger partial charge is 0.224 e. The number of hydrogen-bond donors (Lipinski definition) is 2. The van der Waals surface area contributed by atoms with E-state index in [0.29, 0.717) is 6.04 Å². The van der Waals surface area contributed by atoms with Crippen LogP contribution >= 0.6 is 0 Å². The summed E-state index contributed by atoms with van der Waals surface area (Å²) < 4.78 is 2.44. The minimum Gasteiger partial charge on any atom is -0.354 e. The van der Waals surface area contributed by atoms with Gasteiger partial charge in [0.05, 0.1) is 0 Å². The van der Waals surface area contributed by atoms with Crippen LogP contribution in [0.4, 0.5) is 5.95 Å². The van der Waals surface area contributed by atoms with Crippen molar-refractivity contribution in [2.24, 2.45) is 0 Å². The summed E-state index contributed by atoms with van der Waals surface area (Å²) in [5.74, 6) is 0.743. The summed E-state index contributed by atoms with van der Waals surface area (Å²) >= 11 is 0. The predicted molar refractivity (Wildman–Crippen MR) is 132 cm³/mol. The molecule has 2 aliphatic rings. The number of piperazine rings is 1. The molecule has 6 heteroatoms. The van der Waals surface area contributed by atoms with E-state index in [1.165, 1.54) is 48.8 Å². The van der Waals surface area contributed by atoms with Crippen LogP contribution in [0.3, 0.4) is 0 Å². The van der Waals surface area contributed by atoms with Gasteiger partial charge in [-0.15, -0.1) is 0 Å². The van der Waals surface area contributed by atoms with E-state index >= 15 is 0 Å². The Morgan fingerprint density at radius 2 is 1.84 bits per heavy atom. The van der Waals surface area contributed by atoms with Gasteiger partial charge in [-0.25, -0.2) is 4.98 Å². The topological polar surface area (TPSA) is 58.0 Å². The lowest BCUT2D eigenvalue weighted by Crippen LogP contribution is -2.42. The summed E-state index contributed by atoms with van der Waals surface area (Å²) in [4.78, 5) is 12.1. The third-order valence-electron chi connectivity index (χ3n) is 6.95. The van der Waals surface area contributed by atoms with E-state index in [4.69, 9.17) is 4.98 Å². The summed E-state index contributed by atoms with van der Waals surface area (Å²) in [5, 5.41) is 7.96. The maximum absolute atomic E-state index is 4.96. The zero-order valence-corrected chi connectivity index (χ0v) is 19.3. The average molecular weight is 433 g/mol. The Balaban J connectivity index is 1.45. The number of benzene rings is 1. The molecule has 3 aromatic rings. The first-order chi connectivity index (χ1) is 15.8. The molecule has 0 bridgehead atoms. The van der Waals surface area contributed by atoms with Crippen LogP contribution in [0.1, 0.15) is 57.1 Å². The van der Waals surface area contributed by atoms with Gasteiger partial charge in [-0.2, -0.15) is 4.98 Å². The summed E-state index contributed by atoms with van der Waals surface area (Å²) in [5.41, 5.74) is 4.96. The van der Waals surface area contributed by atoms with E-state index in [-0.39, 0.29) is 0 Å². The Morgan fingerprint density at radius 1 is 1.06 bits per heavy atom. The molecule has 1 saturated carbocycles.